The predicted molar refractivity (Wildman–Crippen MR) is 102 cm³/mol. The number of hydrogen-bond donors (Lipinski definition) is 0. The van der Waals surface area contributed by atoms with Crippen LogP contribution >= 0.6 is 7.60 Å². The maximum absolute atomic E-state index is 13.8. The van der Waals surface area contributed by atoms with Crippen molar-refractivity contribution >= 4 is 35.0 Å². The van der Waals surface area contributed by atoms with Gasteiger partial charge < -0.3 is 0 Å². The number of hydrogen-bond acceptors (Lipinski definition) is 7. The van der Waals surface area contributed by atoms with Gasteiger partial charge in [-0.2, -0.15) is 0 Å². The van der Waals surface area contributed by atoms with E-state index < -0.39 is 7.60 Å². The summed E-state index contributed by atoms with van der Waals surface area (Å²) >= 11 is 0. The van der Waals surface area contributed by atoms with E-state index in [0.29, 0.717) is 27.4 Å². The lowest BCUT2D eigenvalue weighted by Crippen LogP contribution is -2.26. The van der Waals surface area contributed by atoms with Gasteiger partial charge in [0.15, 0.2) is 0 Å². The molecule has 138 valence electrons. The molecular weight excluding hydrogens is 379 g/mol. The molecule has 0 spiro atoms. The predicted octanol–water partition coefficient (Wildman–Crippen LogP) is 2.25. The molecule has 0 amide bonds. The van der Waals surface area contributed by atoms with Crippen molar-refractivity contribution in [2.45, 2.75) is 0 Å². The second kappa shape index (κ2) is 6.47. The van der Waals surface area contributed by atoms with E-state index >= 15 is 0 Å². The number of rotatable bonds is 5. The van der Waals surface area contributed by atoms with Crippen LogP contribution in [-0.4, -0.2) is 30.3 Å². The van der Waals surface area contributed by atoms with E-state index in [9.17, 15) is 4.57 Å². The van der Waals surface area contributed by atoms with Gasteiger partial charge in [0.05, 0.1) is 5.30 Å². The summed E-state index contributed by atoms with van der Waals surface area (Å²) < 4.78 is 25.3. The highest BCUT2D eigenvalue weighted by Gasteiger charge is 2.35. The highest BCUT2D eigenvalue weighted by atomic mass is 31.2. The summed E-state index contributed by atoms with van der Waals surface area (Å²) in [5.41, 5.74) is 2.33. The highest BCUT2D eigenvalue weighted by molar-refractivity contribution is 7.62. The van der Waals surface area contributed by atoms with Gasteiger partial charge in [0.1, 0.15) is 22.1 Å². The van der Waals surface area contributed by atoms with Gasteiger partial charge in [-0.3, -0.25) is 9.25 Å². The fourth-order valence-electron chi connectivity index (χ4n) is 2.74. The number of nitrogens with zero attached hydrogens (tertiary/aromatic N) is 6. The number of fused-ring (bicyclic) bond motifs is 2. The van der Waals surface area contributed by atoms with E-state index in [0.717, 1.165) is 9.69 Å². The van der Waals surface area contributed by atoms with Crippen LogP contribution in [0.25, 0.3) is 22.1 Å². The van der Waals surface area contributed by atoms with Crippen LogP contribution in [0.3, 0.4) is 0 Å². The third-order valence-corrected chi connectivity index (χ3v) is 5.76. The van der Waals surface area contributed by atoms with Crippen molar-refractivity contribution in [3.63, 3.8) is 0 Å². The SMILES string of the molecule is O=P(On1nnc2ccccc21)(On1nnc2ccccc21)c1ccccc1. The Morgan fingerprint density at radius 1 is 0.643 bits per heavy atom. The Morgan fingerprint density at radius 3 is 1.64 bits per heavy atom. The fourth-order valence-corrected chi connectivity index (χ4v) is 4.14. The normalized spacial score (nSPS) is 11.7. The van der Waals surface area contributed by atoms with Crippen LogP contribution in [0, 0.1) is 0 Å². The molecule has 0 saturated heterocycles. The van der Waals surface area contributed by atoms with E-state index in [1.54, 1.807) is 48.5 Å². The first kappa shape index (κ1) is 16.5. The third kappa shape index (κ3) is 2.78. The Hall–Kier alpha value is -3.71. The maximum atomic E-state index is 13.8. The zero-order chi connectivity index (χ0) is 19.0. The summed E-state index contributed by atoms with van der Waals surface area (Å²) in [6, 6.07) is 23.0. The molecule has 0 bridgehead atoms. The minimum Gasteiger partial charge on any atom is -0.299 e. The molecule has 0 aliphatic heterocycles. The van der Waals surface area contributed by atoms with Crippen molar-refractivity contribution in [2.24, 2.45) is 0 Å². The van der Waals surface area contributed by atoms with Gasteiger partial charge >= 0.3 is 7.60 Å². The van der Waals surface area contributed by atoms with Crippen LogP contribution in [0.1, 0.15) is 0 Å². The first-order chi connectivity index (χ1) is 13.7. The first-order valence-electron chi connectivity index (χ1n) is 8.40. The fraction of sp³-hybridized carbons (Fsp3) is 0. The average molecular weight is 392 g/mol. The topological polar surface area (TPSA) is 97.0 Å². The molecular formula is C18H13N6O3P. The third-order valence-electron chi connectivity index (χ3n) is 4.09. The second-order valence-corrected chi connectivity index (χ2v) is 7.74. The van der Waals surface area contributed by atoms with E-state index in [-0.39, 0.29) is 0 Å². The lowest BCUT2D eigenvalue weighted by molar-refractivity contribution is 0.153. The van der Waals surface area contributed by atoms with Gasteiger partial charge in [-0.05, 0) is 46.8 Å². The average Bonchev–Trinajstić information content (AvgIpc) is 3.33. The monoisotopic (exact) mass is 392 g/mol. The van der Waals surface area contributed by atoms with Gasteiger partial charge in [0.2, 0.25) is 0 Å². The number of aromatic nitrogens is 6. The van der Waals surface area contributed by atoms with Crippen LogP contribution in [0.4, 0.5) is 0 Å². The summed E-state index contributed by atoms with van der Waals surface area (Å²) in [7, 11) is -3.94. The molecule has 3 aromatic carbocycles. The van der Waals surface area contributed by atoms with Crippen LogP contribution in [0.2, 0.25) is 0 Å². The Labute approximate surface area is 158 Å². The lowest BCUT2D eigenvalue weighted by atomic mass is 10.3. The molecule has 0 unspecified atom stereocenters. The van der Waals surface area contributed by atoms with E-state index in [2.05, 4.69) is 20.6 Å². The summed E-state index contributed by atoms with van der Waals surface area (Å²) in [6.07, 6.45) is 0. The van der Waals surface area contributed by atoms with Gasteiger partial charge in [0, 0.05) is 0 Å². The molecule has 0 saturated carbocycles. The molecule has 10 heteroatoms. The second-order valence-electron chi connectivity index (χ2n) is 5.90. The van der Waals surface area contributed by atoms with Crippen molar-refractivity contribution in [3.05, 3.63) is 78.9 Å². The van der Waals surface area contributed by atoms with Crippen LogP contribution in [0.5, 0.6) is 0 Å². The first-order valence-corrected chi connectivity index (χ1v) is 9.94. The van der Waals surface area contributed by atoms with Gasteiger partial charge in [-0.1, -0.05) is 52.2 Å². The van der Waals surface area contributed by atoms with Gasteiger partial charge in [-0.15, -0.1) is 10.2 Å². The Bertz CT molecular complexity index is 1240. The van der Waals surface area contributed by atoms with Crippen molar-refractivity contribution in [1.82, 2.24) is 30.3 Å². The quantitative estimate of drug-likeness (QED) is 0.423. The van der Waals surface area contributed by atoms with Crippen LogP contribution in [0.15, 0.2) is 78.9 Å². The summed E-state index contributed by atoms with van der Waals surface area (Å²) in [5.74, 6) is 0. The van der Waals surface area contributed by atoms with Gasteiger partial charge in [0.25, 0.3) is 0 Å². The molecule has 0 N–H and O–H groups in total. The molecule has 5 rings (SSSR count). The largest absolute Gasteiger partial charge is 0.502 e. The highest BCUT2D eigenvalue weighted by Crippen LogP contribution is 2.40. The van der Waals surface area contributed by atoms with Gasteiger partial charge in [-0.25, -0.2) is 4.57 Å². The summed E-state index contributed by atoms with van der Waals surface area (Å²) in [5, 5.41) is 16.3. The van der Waals surface area contributed by atoms with Crippen molar-refractivity contribution in [2.75, 3.05) is 0 Å². The van der Waals surface area contributed by atoms with E-state index in [1.165, 1.54) is 0 Å². The molecule has 2 aromatic heterocycles. The maximum Gasteiger partial charge on any atom is 0.502 e. The molecule has 0 fully saturated rings. The molecule has 0 radical (unpaired) electrons. The molecule has 5 aromatic rings. The Morgan fingerprint density at radius 2 is 1.11 bits per heavy atom. The minimum atomic E-state index is -3.94. The molecule has 0 aliphatic rings. The molecule has 0 atom stereocenters. The number of para-hydroxylation sites is 2. The van der Waals surface area contributed by atoms with Crippen molar-refractivity contribution < 1.29 is 13.8 Å². The minimum absolute atomic E-state index is 0.342. The molecule has 28 heavy (non-hydrogen) atoms. The van der Waals surface area contributed by atoms with E-state index in [4.69, 9.17) is 9.25 Å². The Kier molecular flexibility index (Phi) is 3.80. The molecule has 9 nitrogen and oxygen atoms in total. The number of benzene rings is 3. The summed E-state index contributed by atoms with van der Waals surface area (Å²) in [6.45, 7) is 0. The molecule has 2 heterocycles. The lowest BCUT2D eigenvalue weighted by Gasteiger charge is -2.18. The van der Waals surface area contributed by atoms with Crippen molar-refractivity contribution in [3.8, 4) is 0 Å². The van der Waals surface area contributed by atoms with Crippen molar-refractivity contribution in [1.29, 1.82) is 0 Å². The molecule has 0 aliphatic carbocycles. The Balaban J connectivity index is 1.61. The van der Waals surface area contributed by atoms with Crippen LogP contribution in [-0.2, 0) is 4.57 Å². The summed E-state index contributed by atoms with van der Waals surface area (Å²) in [4.78, 5) is 2.20. The van der Waals surface area contributed by atoms with E-state index in [1.807, 2.05) is 30.3 Å². The van der Waals surface area contributed by atoms with Crippen LogP contribution < -0.4 is 14.6 Å². The zero-order valence-electron chi connectivity index (χ0n) is 14.4. The smallest absolute Gasteiger partial charge is 0.299 e. The zero-order valence-corrected chi connectivity index (χ0v) is 15.3. The standard InChI is InChI=1S/C18H13N6O3P/c25-28(14-8-2-1-3-9-14,26-23-17-12-6-4-10-15(17)19-21-23)27-24-18-13-7-5-11-16(18)20-22-24/h1-13H.